The lowest BCUT2D eigenvalue weighted by Gasteiger charge is -2.37. The predicted octanol–water partition coefficient (Wildman–Crippen LogP) is -2.25. The van der Waals surface area contributed by atoms with Crippen LogP contribution in [0.4, 0.5) is 0 Å². The molecule has 0 saturated carbocycles. The van der Waals surface area contributed by atoms with Gasteiger partial charge in [0.25, 0.3) is 5.56 Å². The van der Waals surface area contributed by atoms with Gasteiger partial charge >= 0.3 is 5.69 Å². The van der Waals surface area contributed by atoms with Crippen molar-refractivity contribution < 1.29 is 8.42 Å². The van der Waals surface area contributed by atoms with E-state index in [2.05, 4.69) is 10.2 Å². The number of nitrogens with one attached hydrogen (secondary N) is 1. The summed E-state index contributed by atoms with van der Waals surface area (Å²) in [6, 6.07) is 0.459. The lowest BCUT2D eigenvalue weighted by Crippen LogP contribution is -2.53. The first kappa shape index (κ1) is 17.3. The third-order valence-electron chi connectivity index (χ3n) is 4.86. The van der Waals surface area contributed by atoms with Crippen LogP contribution in [0, 0.1) is 0 Å². The summed E-state index contributed by atoms with van der Waals surface area (Å²) < 4.78 is 28.9. The number of aromatic nitrogens is 2. The molecule has 2 aliphatic heterocycles. The van der Waals surface area contributed by atoms with E-state index in [-0.39, 0.29) is 4.90 Å². The van der Waals surface area contributed by atoms with Crippen molar-refractivity contribution in [1.29, 1.82) is 0 Å². The van der Waals surface area contributed by atoms with E-state index in [0.29, 0.717) is 32.2 Å². The van der Waals surface area contributed by atoms with Crippen LogP contribution in [0.1, 0.15) is 6.42 Å². The molecule has 2 aliphatic rings. The Balaban J connectivity index is 1.82. The smallest absolute Gasteiger partial charge is 0.315 e. The van der Waals surface area contributed by atoms with Crippen molar-refractivity contribution in [3.63, 3.8) is 0 Å². The Labute approximate surface area is 140 Å². The number of sulfonamides is 1. The van der Waals surface area contributed by atoms with Crippen LogP contribution >= 0.6 is 0 Å². The van der Waals surface area contributed by atoms with Crippen LogP contribution < -0.4 is 16.6 Å². The maximum atomic E-state index is 12.8. The zero-order valence-electron chi connectivity index (χ0n) is 13.9. The molecule has 134 valence electrons. The predicted molar refractivity (Wildman–Crippen MR) is 88.5 cm³/mol. The molecule has 2 fully saturated rings. The zero-order chi connectivity index (χ0) is 17.5. The van der Waals surface area contributed by atoms with Gasteiger partial charge in [0.15, 0.2) is 4.90 Å². The first-order valence-corrected chi connectivity index (χ1v) is 9.48. The summed E-state index contributed by atoms with van der Waals surface area (Å²) in [6.07, 6.45) is 2.20. The molecule has 0 amide bonds. The molecule has 1 atom stereocenters. The number of piperazine rings is 1. The normalized spacial score (nSPS) is 23.7. The van der Waals surface area contributed by atoms with Crippen LogP contribution in [-0.2, 0) is 24.1 Å². The third kappa shape index (κ3) is 2.94. The van der Waals surface area contributed by atoms with Crippen LogP contribution in [0.5, 0.6) is 0 Å². The van der Waals surface area contributed by atoms with Gasteiger partial charge in [-0.25, -0.2) is 13.2 Å². The molecular formula is C14H23N5O4S. The topological polar surface area (TPSA) is 96.7 Å². The molecule has 1 aromatic heterocycles. The van der Waals surface area contributed by atoms with Gasteiger partial charge in [0.2, 0.25) is 10.0 Å². The Hall–Kier alpha value is -1.49. The molecule has 10 heteroatoms. The first-order chi connectivity index (χ1) is 11.3. The number of nitrogens with zero attached hydrogens (tertiary/aromatic N) is 4. The molecule has 3 heterocycles. The van der Waals surface area contributed by atoms with Gasteiger partial charge in [-0.2, -0.15) is 4.31 Å². The van der Waals surface area contributed by atoms with Crippen LogP contribution in [0.3, 0.4) is 0 Å². The molecule has 0 spiro atoms. The fourth-order valence-electron chi connectivity index (χ4n) is 3.35. The largest absolute Gasteiger partial charge is 0.330 e. The van der Waals surface area contributed by atoms with Gasteiger partial charge in [0.05, 0.1) is 0 Å². The summed E-state index contributed by atoms with van der Waals surface area (Å²) in [7, 11) is -1.18. The molecule has 0 aliphatic carbocycles. The van der Waals surface area contributed by atoms with Crippen molar-refractivity contribution in [2.45, 2.75) is 17.4 Å². The number of hydrogen-bond donors (Lipinski definition) is 1. The second-order valence-corrected chi connectivity index (χ2v) is 8.24. The molecule has 1 N–H and O–H groups in total. The highest BCUT2D eigenvalue weighted by molar-refractivity contribution is 7.89. The summed E-state index contributed by atoms with van der Waals surface area (Å²) in [5, 5.41) is 3.31. The first-order valence-electron chi connectivity index (χ1n) is 8.04. The molecule has 1 unspecified atom stereocenters. The summed E-state index contributed by atoms with van der Waals surface area (Å²) >= 11 is 0. The monoisotopic (exact) mass is 357 g/mol. The Kier molecular flexibility index (Phi) is 4.65. The molecule has 9 nitrogen and oxygen atoms in total. The minimum absolute atomic E-state index is 0.344. The summed E-state index contributed by atoms with van der Waals surface area (Å²) in [4.78, 5) is 25.9. The zero-order valence-corrected chi connectivity index (χ0v) is 14.8. The second-order valence-electron chi connectivity index (χ2n) is 6.34. The molecule has 0 radical (unpaired) electrons. The SMILES string of the molecule is Cn1cc(S(=O)(=O)N2CCN(C3CCNC3)CC2)c(=O)n(C)c1=O. The highest BCUT2D eigenvalue weighted by Gasteiger charge is 2.34. The summed E-state index contributed by atoms with van der Waals surface area (Å²) in [5.74, 6) is 0. The van der Waals surface area contributed by atoms with E-state index >= 15 is 0 Å². The van der Waals surface area contributed by atoms with Gasteiger partial charge in [-0.1, -0.05) is 0 Å². The van der Waals surface area contributed by atoms with E-state index < -0.39 is 21.3 Å². The molecule has 0 aromatic carbocycles. The number of rotatable bonds is 3. The fourth-order valence-corrected chi connectivity index (χ4v) is 4.92. The van der Waals surface area contributed by atoms with Crippen LogP contribution in [-0.4, -0.2) is 72.1 Å². The standard InChI is InChI=1S/C14H23N5O4S/c1-16-10-12(13(20)17(2)14(16)21)24(22,23)19-7-5-18(6-8-19)11-3-4-15-9-11/h10-11,15H,3-9H2,1-2H3. The summed E-state index contributed by atoms with van der Waals surface area (Å²) in [5.41, 5.74) is -1.32. The van der Waals surface area contributed by atoms with Gasteiger partial charge in [0.1, 0.15) is 0 Å². The van der Waals surface area contributed by atoms with Crippen LogP contribution in [0.2, 0.25) is 0 Å². The molecule has 24 heavy (non-hydrogen) atoms. The Morgan fingerprint density at radius 3 is 2.38 bits per heavy atom. The average molecular weight is 357 g/mol. The third-order valence-corrected chi connectivity index (χ3v) is 6.74. The van der Waals surface area contributed by atoms with Gasteiger partial charge in [-0.15, -0.1) is 0 Å². The van der Waals surface area contributed by atoms with Crippen molar-refractivity contribution in [2.24, 2.45) is 14.1 Å². The van der Waals surface area contributed by atoms with Gasteiger partial charge in [-0.05, 0) is 13.0 Å². The second kappa shape index (κ2) is 6.43. The maximum Gasteiger partial charge on any atom is 0.330 e. The van der Waals surface area contributed by atoms with E-state index in [1.807, 2.05) is 0 Å². The highest BCUT2D eigenvalue weighted by Crippen LogP contribution is 2.17. The number of aryl methyl sites for hydroxylation is 1. The highest BCUT2D eigenvalue weighted by atomic mass is 32.2. The molecule has 3 rings (SSSR count). The lowest BCUT2D eigenvalue weighted by atomic mass is 10.2. The molecular weight excluding hydrogens is 334 g/mol. The fraction of sp³-hybridized carbons (Fsp3) is 0.714. The average Bonchev–Trinajstić information content (AvgIpc) is 3.10. The quantitative estimate of drug-likeness (QED) is 0.657. The van der Waals surface area contributed by atoms with Gasteiger partial charge in [0, 0.05) is 59.1 Å². The van der Waals surface area contributed by atoms with Gasteiger partial charge < -0.3 is 9.88 Å². The lowest BCUT2D eigenvalue weighted by molar-refractivity contribution is 0.145. The molecule has 1 aromatic rings. The van der Waals surface area contributed by atoms with Crippen molar-refractivity contribution in [3.05, 3.63) is 27.0 Å². The Morgan fingerprint density at radius 1 is 1.12 bits per heavy atom. The van der Waals surface area contributed by atoms with Gasteiger partial charge in [-0.3, -0.25) is 14.3 Å². The maximum absolute atomic E-state index is 12.8. The van der Waals surface area contributed by atoms with Crippen LogP contribution in [0.25, 0.3) is 0 Å². The van der Waals surface area contributed by atoms with Crippen molar-refractivity contribution in [2.75, 3.05) is 39.3 Å². The molecule has 0 bridgehead atoms. The van der Waals surface area contributed by atoms with Crippen molar-refractivity contribution in [1.82, 2.24) is 23.7 Å². The Bertz CT molecular complexity index is 830. The van der Waals surface area contributed by atoms with E-state index in [0.717, 1.165) is 34.8 Å². The minimum Gasteiger partial charge on any atom is -0.315 e. The van der Waals surface area contributed by atoms with Crippen molar-refractivity contribution >= 4 is 10.0 Å². The van der Waals surface area contributed by atoms with E-state index in [4.69, 9.17) is 0 Å². The van der Waals surface area contributed by atoms with E-state index in [9.17, 15) is 18.0 Å². The van der Waals surface area contributed by atoms with E-state index in [1.165, 1.54) is 18.4 Å². The van der Waals surface area contributed by atoms with Crippen molar-refractivity contribution in [3.8, 4) is 0 Å². The molecule has 2 saturated heterocycles. The minimum atomic E-state index is -3.90. The van der Waals surface area contributed by atoms with E-state index in [1.54, 1.807) is 0 Å². The number of hydrogen-bond acceptors (Lipinski definition) is 6. The Morgan fingerprint density at radius 2 is 1.79 bits per heavy atom. The summed E-state index contributed by atoms with van der Waals surface area (Å²) in [6.45, 7) is 3.94. The van der Waals surface area contributed by atoms with Crippen LogP contribution in [0.15, 0.2) is 20.7 Å².